The lowest BCUT2D eigenvalue weighted by Gasteiger charge is -2.41. The fourth-order valence-corrected chi connectivity index (χ4v) is 1.69. The molecule has 1 atom stereocenters. The van der Waals surface area contributed by atoms with Gasteiger partial charge in [0, 0.05) is 6.20 Å². The van der Waals surface area contributed by atoms with Gasteiger partial charge in [0.1, 0.15) is 0 Å². The minimum Gasteiger partial charge on any atom is -0.388 e. The molecule has 2 rings (SSSR count). The first-order chi connectivity index (χ1) is 6.22. The molecule has 0 bridgehead atoms. The second-order valence-electron chi connectivity index (χ2n) is 3.69. The van der Waals surface area contributed by atoms with E-state index in [9.17, 15) is 5.11 Å². The van der Waals surface area contributed by atoms with Gasteiger partial charge in [0.05, 0.1) is 17.3 Å². The summed E-state index contributed by atoms with van der Waals surface area (Å²) < 4.78 is 0. The number of aromatic nitrogens is 1. The lowest BCUT2D eigenvalue weighted by Crippen LogP contribution is -2.47. The standard InChI is InChI=1S/C10H14N2O/c11-9(10(13)5-3-6-10)8-4-1-2-7-12-8/h1-2,4,7,9,13H,3,5-6,11H2. The molecule has 0 aliphatic heterocycles. The third-order valence-electron chi connectivity index (χ3n) is 2.80. The molecule has 0 spiro atoms. The Labute approximate surface area is 77.6 Å². The maximum absolute atomic E-state index is 9.97. The highest BCUT2D eigenvalue weighted by molar-refractivity contribution is 5.14. The van der Waals surface area contributed by atoms with E-state index in [0.717, 1.165) is 25.0 Å². The van der Waals surface area contributed by atoms with E-state index in [4.69, 9.17) is 5.73 Å². The van der Waals surface area contributed by atoms with Gasteiger partial charge < -0.3 is 10.8 Å². The van der Waals surface area contributed by atoms with E-state index < -0.39 is 5.60 Å². The topological polar surface area (TPSA) is 59.1 Å². The van der Waals surface area contributed by atoms with Crippen molar-refractivity contribution >= 4 is 0 Å². The molecule has 1 heterocycles. The minimum absolute atomic E-state index is 0.331. The summed E-state index contributed by atoms with van der Waals surface area (Å²) in [7, 11) is 0. The minimum atomic E-state index is -0.700. The molecule has 0 saturated heterocycles. The molecule has 0 radical (unpaired) electrons. The van der Waals surface area contributed by atoms with Crippen LogP contribution in [0, 0.1) is 0 Å². The summed E-state index contributed by atoms with van der Waals surface area (Å²) in [5.74, 6) is 0. The zero-order valence-electron chi connectivity index (χ0n) is 7.48. The smallest absolute Gasteiger partial charge is 0.0854 e. The molecule has 1 aliphatic rings. The number of pyridine rings is 1. The van der Waals surface area contributed by atoms with Gasteiger partial charge in [-0.05, 0) is 31.4 Å². The van der Waals surface area contributed by atoms with Crippen LogP contribution in [0.1, 0.15) is 31.0 Å². The third kappa shape index (κ3) is 1.45. The van der Waals surface area contributed by atoms with Crippen LogP contribution in [0.15, 0.2) is 24.4 Å². The third-order valence-corrected chi connectivity index (χ3v) is 2.80. The van der Waals surface area contributed by atoms with Crippen LogP contribution >= 0.6 is 0 Å². The van der Waals surface area contributed by atoms with E-state index in [1.165, 1.54) is 0 Å². The summed E-state index contributed by atoms with van der Waals surface area (Å²) >= 11 is 0. The second-order valence-corrected chi connectivity index (χ2v) is 3.69. The highest BCUT2D eigenvalue weighted by Crippen LogP contribution is 2.39. The maximum atomic E-state index is 9.97. The van der Waals surface area contributed by atoms with Gasteiger partial charge in [-0.25, -0.2) is 0 Å². The Morgan fingerprint density at radius 2 is 2.23 bits per heavy atom. The summed E-state index contributed by atoms with van der Waals surface area (Å²) in [6.07, 6.45) is 4.36. The Morgan fingerprint density at radius 1 is 1.46 bits per heavy atom. The van der Waals surface area contributed by atoms with E-state index in [-0.39, 0.29) is 6.04 Å². The first kappa shape index (κ1) is 8.66. The SMILES string of the molecule is NC(c1ccccn1)C1(O)CCC1. The van der Waals surface area contributed by atoms with Gasteiger partial charge in [0.2, 0.25) is 0 Å². The summed E-state index contributed by atoms with van der Waals surface area (Å²) in [6.45, 7) is 0. The lowest BCUT2D eigenvalue weighted by molar-refractivity contribution is -0.0569. The number of hydrogen-bond acceptors (Lipinski definition) is 3. The molecule has 3 nitrogen and oxygen atoms in total. The number of nitrogens with two attached hydrogens (primary N) is 1. The fraction of sp³-hybridized carbons (Fsp3) is 0.500. The molecule has 1 fully saturated rings. The molecule has 1 aromatic rings. The van der Waals surface area contributed by atoms with Gasteiger partial charge in [0.25, 0.3) is 0 Å². The van der Waals surface area contributed by atoms with Crippen LogP contribution in [0.3, 0.4) is 0 Å². The molecular formula is C10H14N2O. The van der Waals surface area contributed by atoms with Crippen LogP contribution in [0.25, 0.3) is 0 Å². The number of hydrogen-bond donors (Lipinski definition) is 2. The van der Waals surface area contributed by atoms with Crippen molar-refractivity contribution in [3.8, 4) is 0 Å². The molecule has 13 heavy (non-hydrogen) atoms. The number of aliphatic hydroxyl groups is 1. The van der Waals surface area contributed by atoms with Gasteiger partial charge in [0.15, 0.2) is 0 Å². The van der Waals surface area contributed by atoms with Crippen molar-refractivity contribution in [3.63, 3.8) is 0 Å². The van der Waals surface area contributed by atoms with Crippen molar-refractivity contribution in [2.45, 2.75) is 30.9 Å². The van der Waals surface area contributed by atoms with Gasteiger partial charge in [-0.15, -0.1) is 0 Å². The largest absolute Gasteiger partial charge is 0.388 e. The highest BCUT2D eigenvalue weighted by Gasteiger charge is 2.41. The van der Waals surface area contributed by atoms with Gasteiger partial charge >= 0.3 is 0 Å². The van der Waals surface area contributed by atoms with Gasteiger partial charge in [-0.3, -0.25) is 4.98 Å². The maximum Gasteiger partial charge on any atom is 0.0854 e. The van der Waals surface area contributed by atoms with Crippen LogP contribution in [0.2, 0.25) is 0 Å². The Balaban J connectivity index is 2.17. The molecule has 1 saturated carbocycles. The summed E-state index contributed by atoms with van der Waals surface area (Å²) in [5.41, 5.74) is 6.00. The van der Waals surface area contributed by atoms with E-state index >= 15 is 0 Å². The fourth-order valence-electron chi connectivity index (χ4n) is 1.69. The van der Waals surface area contributed by atoms with Crippen molar-refractivity contribution in [3.05, 3.63) is 30.1 Å². The van der Waals surface area contributed by atoms with E-state index in [0.29, 0.717) is 0 Å². The van der Waals surface area contributed by atoms with Gasteiger partial charge in [-0.2, -0.15) is 0 Å². The zero-order valence-corrected chi connectivity index (χ0v) is 7.48. The van der Waals surface area contributed by atoms with Crippen LogP contribution in [0.4, 0.5) is 0 Å². The normalized spacial score (nSPS) is 22.0. The van der Waals surface area contributed by atoms with E-state index in [1.54, 1.807) is 6.20 Å². The predicted octanol–water partition coefficient (Wildman–Crippen LogP) is 0.996. The van der Waals surface area contributed by atoms with Crippen LogP contribution in [-0.4, -0.2) is 15.7 Å². The van der Waals surface area contributed by atoms with Crippen molar-refractivity contribution in [1.82, 2.24) is 4.98 Å². The van der Waals surface area contributed by atoms with Crippen molar-refractivity contribution in [2.24, 2.45) is 5.73 Å². The molecule has 3 heteroatoms. The summed E-state index contributed by atoms with van der Waals surface area (Å²) in [4.78, 5) is 4.14. The van der Waals surface area contributed by atoms with Crippen LogP contribution < -0.4 is 5.73 Å². The Bertz CT molecular complexity index is 282. The molecular weight excluding hydrogens is 164 g/mol. The summed E-state index contributed by atoms with van der Waals surface area (Å²) in [5, 5.41) is 9.97. The highest BCUT2D eigenvalue weighted by atomic mass is 16.3. The Kier molecular flexibility index (Phi) is 2.06. The average molecular weight is 178 g/mol. The van der Waals surface area contributed by atoms with Crippen LogP contribution in [0.5, 0.6) is 0 Å². The van der Waals surface area contributed by atoms with E-state index in [1.807, 2.05) is 18.2 Å². The van der Waals surface area contributed by atoms with Crippen molar-refractivity contribution in [2.75, 3.05) is 0 Å². The van der Waals surface area contributed by atoms with Crippen molar-refractivity contribution < 1.29 is 5.11 Å². The predicted molar refractivity (Wildman–Crippen MR) is 50.0 cm³/mol. The molecule has 70 valence electrons. The van der Waals surface area contributed by atoms with Crippen LogP contribution in [-0.2, 0) is 0 Å². The van der Waals surface area contributed by atoms with Crippen molar-refractivity contribution in [1.29, 1.82) is 0 Å². The molecule has 1 aromatic heterocycles. The number of nitrogens with zero attached hydrogens (tertiary/aromatic N) is 1. The molecule has 3 N–H and O–H groups in total. The Morgan fingerprint density at radius 3 is 2.69 bits per heavy atom. The second kappa shape index (κ2) is 3.09. The molecule has 1 aliphatic carbocycles. The monoisotopic (exact) mass is 178 g/mol. The summed E-state index contributed by atoms with van der Waals surface area (Å²) in [6, 6.07) is 5.27. The lowest BCUT2D eigenvalue weighted by atomic mass is 9.74. The Hall–Kier alpha value is -0.930. The first-order valence-corrected chi connectivity index (χ1v) is 4.61. The first-order valence-electron chi connectivity index (χ1n) is 4.61. The van der Waals surface area contributed by atoms with Gasteiger partial charge in [-0.1, -0.05) is 6.07 Å². The zero-order chi connectivity index (χ0) is 9.31. The molecule has 0 aromatic carbocycles. The molecule has 0 amide bonds. The van der Waals surface area contributed by atoms with E-state index in [2.05, 4.69) is 4.98 Å². The average Bonchev–Trinajstić information content (AvgIpc) is 2.14. The number of rotatable bonds is 2. The quantitative estimate of drug-likeness (QED) is 0.710. The molecule has 1 unspecified atom stereocenters.